The molecule has 0 radical (unpaired) electrons. The number of aliphatic hydroxyl groups excluding tert-OH is 1. The van der Waals surface area contributed by atoms with E-state index in [0.717, 1.165) is 30.7 Å². The highest BCUT2D eigenvalue weighted by atomic mass is 19.1. The molecule has 5 rings (SSSR count). The van der Waals surface area contributed by atoms with Crippen molar-refractivity contribution in [1.82, 2.24) is 9.78 Å². The molecule has 1 heterocycles. The zero-order chi connectivity index (χ0) is 22.6. The van der Waals surface area contributed by atoms with Crippen molar-refractivity contribution in [2.45, 2.75) is 51.7 Å². The number of ether oxygens (including phenoxy) is 1. The Morgan fingerprint density at radius 1 is 1.19 bits per heavy atom. The summed E-state index contributed by atoms with van der Waals surface area (Å²) < 4.78 is 21.5. The summed E-state index contributed by atoms with van der Waals surface area (Å²) in [6.07, 6.45) is 14.4. The van der Waals surface area contributed by atoms with Crippen LogP contribution in [-0.4, -0.2) is 33.7 Å². The van der Waals surface area contributed by atoms with Gasteiger partial charge in [-0.2, -0.15) is 5.10 Å². The van der Waals surface area contributed by atoms with Gasteiger partial charge in [0.25, 0.3) is 0 Å². The standard InChI is InChI=1S/C21H25FN2O2.C6H6/c1-14(13-25)26-20-9-6-16-10-19-15(11-21(16,20)2)12-23-24(19)18-5-3-4-17(22)7-8-18;1-2-4-6-5-3-1/h4-5,7-8,10,12,14,20,25H,3,6,9,11,13H2,1-2H3;1-6H. The van der Waals surface area contributed by atoms with E-state index < -0.39 is 0 Å². The van der Waals surface area contributed by atoms with Gasteiger partial charge in [0.15, 0.2) is 0 Å². The van der Waals surface area contributed by atoms with Gasteiger partial charge in [0.2, 0.25) is 0 Å². The summed E-state index contributed by atoms with van der Waals surface area (Å²) in [4.78, 5) is 0. The number of halogens is 1. The van der Waals surface area contributed by atoms with E-state index in [0.29, 0.717) is 6.42 Å². The van der Waals surface area contributed by atoms with E-state index >= 15 is 0 Å². The fraction of sp³-hybridized carbons (Fsp3) is 0.370. The average Bonchev–Trinajstić information content (AvgIpc) is 3.27. The summed E-state index contributed by atoms with van der Waals surface area (Å²) in [6, 6.07) is 12.0. The molecule has 1 aromatic heterocycles. The Bertz CT molecular complexity index is 1020. The molecule has 5 heteroatoms. The normalized spacial score (nSPS) is 24.8. The third-order valence-electron chi connectivity index (χ3n) is 6.49. The van der Waals surface area contributed by atoms with Gasteiger partial charge in [-0.15, -0.1) is 0 Å². The largest absolute Gasteiger partial charge is 0.394 e. The zero-order valence-electron chi connectivity index (χ0n) is 18.7. The quantitative estimate of drug-likeness (QED) is 0.669. The van der Waals surface area contributed by atoms with Crippen molar-refractivity contribution in [1.29, 1.82) is 0 Å². The number of nitrogens with zero attached hydrogens (tertiary/aromatic N) is 2. The van der Waals surface area contributed by atoms with E-state index in [2.05, 4.69) is 18.1 Å². The number of allylic oxidation sites excluding steroid dienone is 6. The monoisotopic (exact) mass is 434 g/mol. The van der Waals surface area contributed by atoms with Crippen LogP contribution in [0.25, 0.3) is 11.8 Å². The zero-order valence-corrected chi connectivity index (χ0v) is 18.7. The van der Waals surface area contributed by atoms with Crippen LogP contribution in [0.5, 0.6) is 0 Å². The van der Waals surface area contributed by atoms with Crippen LogP contribution in [0, 0.1) is 5.41 Å². The molecule has 0 aliphatic heterocycles. The van der Waals surface area contributed by atoms with E-state index in [1.807, 2.05) is 60.3 Å². The Balaban J connectivity index is 0.000000354. The Morgan fingerprint density at radius 2 is 1.91 bits per heavy atom. The Labute approximate surface area is 189 Å². The molecule has 1 N–H and O–H groups in total. The predicted molar refractivity (Wildman–Crippen MR) is 126 cm³/mol. The molecule has 3 unspecified atom stereocenters. The third-order valence-corrected chi connectivity index (χ3v) is 6.49. The molecule has 1 fully saturated rings. The van der Waals surface area contributed by atoms with Crippen LogP contribution >= 0.6 is 0 Å². The Morgan fingerprint density at radius 3 is 2.59 bits per heavy atom. The summed E-state index contributed by atoms with van der Waals surface area (Å²) in [6.45, 7) is 4.21. The molecule has 1 saturated carbocycles. The van der Waals surface area contributed by atoms with Crippen LogP contribution in [0.1, 0.15) is 44.4 Å². The summed E-state index contributed by atoms with van der Waals surface area (Å²) in [5.74, 6) is -0.211. The van der Waals surface area contributed by atoms with Gasteiger partial charge in [0.1, 0.15) is 5.83 Å². The fourth-order valence-corrected chi connectivity index (χ4v) is 4.69. The van der Waals surface area contributed by atoms with Crippen LogP contribution in [-0.2, 0) is 11.2 Å². The number of aromatic nitrogens is 2. The molecule has 0 amide bonds. The van der Waals surface area contributed by atoms with Gasteiger partial charge in [-0.05, 0) is 62.5 Å². The first kappa shape index (κ1) is 22.4. The van der Waals surface area contributed by atoms with Gasteiger partial charge in [-0.1, -0.05) is 55.0 Å². The summed E-state index contributed by atoms with van der Waals surface area (Å²) >= 11 is 0. The molecule has 0 spiro atoms. The maximum atomic E-state index is 13.5. The molecule has 3 aliphatic rings. The summed E-state index contributed by atoms with van der Waals surface area (Å²) in [7, 11) is 0. The molecule has 2 aromatic rings. The number of aliphatic hydroxyl groups is 1. The van der Waals surface area contributed by atoms with Crippen molar-refractivity contribution in [2.24, 2.45) is 5.41 Å². The molecular weight excluding hydrogens is 403 g/mol. The van der Waals surface area contributed by atoms with Gasteiger partial charge < -0.3 is 9.84 Å². The third kappa shape index (κ3) is 4.69. The number of hydrogen-bond donors (Lipinski definition) is 1. The van der Waals surface area contributed by atoms with Crippen molar-refractivity contribution in [3.63, 3.8) is 0 Å². The average molecular weight is 435 g/mol. The van der Waals surface area contributed by atoms with Crippen LogP contribution in [0.15, 0.2) is 78.3 Å². The first-order valence-electron chi connectivity index (χ1n) is 11.3. The highest BCUT2D eigenvalue weighted by Gasteiger charge is 2.46. The van der Waals surface area contributed by atoms with Gasteiger partial charge in [0, 0.05) is 5.41 Å². The van der Waals surface area contributed by atoms with Crippen molar-refractivity contribution in [3.05, 3.63) is 89.6 Å². The van der Waals surface area contributed by atoms with E-state index in [9.17, 15) is 9.50 Å². The molecule has 3 atom stereocenters. The predicted octanol–water partition coefficient (Wildman–Crippen LogP) is 5.73. The number of rotatable bonds is 4. The summed E-state index contributed by atoms with van der Waals surface area (Å²) in [5, 5.41) is 13.9. The lowest BCUT2D eigenvalue weighted by Gasteiger charge is -2.36. The molecule has 168 valence electrons. The van der Waals surface area contributed by atoms with Crippen molar-refractivity contribution in [3.8, 4) is 0 Å². The van der Waals surface area contributed by atoms with Crippen LogP contribution in [0.4, 0.5) is 4.39 Å². The van der Waals surface area contributed by atoms with Gasteiger partial charge >= 0.3 is 0 Å². The van der Waals surface area contributed by atoms with Crippen LogP contribution < -0.4 is 0 Å². The van der Waals surface area contributed by atoms with E-state index in [-0.39, 0.29) is 30.1 Å². The topological polar surface area (TPSA) is 47.3 Å². The molecule has 4 nitrogen and oxygen atoms in total. The van der Waals surface area contributed by atoms with Crippen molar-refractivity contribution >= 4 is 11.8 Å². The van der Waals surface area contributed by atoms with E-state index in [4.69, 9.17) is 4.74 Å². The second-order valence-corrected chi connectivity index (χ2v) is 8.83. The molecule has 0 bridgehead atoms. The minimum Gasteiger partial charge on any atom is -0.394 e. The van der Waals surface area contributed by atoms with E-state index in [1.165, 1.54) is 17.2 Å². The van der Waals surface area contributed by atoms with E-state index in [1.54, 1.807) is 12.2 Å². The lowest BCUT2D eigenvalue weighted by Crippen LogP contribution is -2.37. The minimum atomic E-state index is -0.211. The van der Waals surface area contributed by atoms with Crippen LogP contribution in [0.2, 0.25) is 0 Å². The number of hydrogen-bond acceptors (Lipinski definition) is 3. The highest BCUT2D eigenvalue weighted by molar-refractivity contribution is 5.68. The van der Waals surface area contributed by atoms with Crippen molar-refractivity contribution in [2.75, 3.05) is 6.61 Å². The molecular formula is C27H31FN2O2. The smallest absolute Gasteiger partial charge is 0.119 e. The molecule has 3 aliphatic carbocycles. The van der Waals surface area contributed by atoms with Gasteiger partial charge in [0.05, 0.1) is 36.4 Å². The first-order valence-corrected chi connectivity index (χ1v) is 11.3. The Kier molecular flexibility index (Phi) is 6.87. The molecule has 32 heavy (non-hydrogen) atoms. The first-order chi connectivity index (χ1) is 15.5. The number of fused-ring (bicyclic) bond motifs is 2. The maximum Gasteiger partial charge on any atom is 0.119 e. The highest BCUT2D eigenvalue weighted by Crippen LogP contribution is 2.51. The summed E-state index contributed by atoms with van der Waals surface area (Å²) in [5.41, 5.74) is 4.51. The van der Waals surface area contributed by atoms with Gasteiger partial charge in [-0.25, -0.2) is 9.07 Å². The van der Waals surface area contributed by atoms with Crippen LogP contribution in [0.3, 0.4) is 0 Å². The number of benzene rings is 1. The second kappa shape index (κ2) is 9.80. The second-order valence-electron chi connectivity index (χ2n) is 8.83. The lowest BCUT2D eigenvalue weighted by molar-refractivity contribution is -0.0656. The Hall–Kier alpha value is -2.76. The minimum absolute atomic E-state index is 0.0416. The fourth-order valence-electron chi connectivity index (χ4n) is 4.69. The van der Waals surface area contributed by atoms with Crippen molar-refractivity contribution < 1.29 is 14.2 Å². The molecule has 0 saturated heterocycles. The SMILES string of the molecule is CC(CO)OC1CCC2=Cc3c(cnn3C3=CCC=C(F)C=C3)CC21C.c1ccccc1. The molecule has 1 aromatic carbocycles. The maximum absolute atomic E-state index is 13.5. The van der Waals surface area contributed by atoms with Gasteiger partial charge in [-0.3, -0.25) is 0 Å². The lowest BCUT2D eigenvalue weighted by atomic mass is 9.73.